The summed E-state index contributed by atoms with van der Waals surface area (Å²) in [6, 6.07) is 14.8. The fourth-order valence-corrected chi connectivity index (χ4v) is 5.86. The number of aliphatic hydroxyl groups excluding tert-OH is 1. The van der Waals surface area contributed by atoms with Crippen molar-refractivity contribution in [3.8, 4) is 0 Å². The molecular weight excluding hydrogens is 418 g/mol. The van der Waals surface area contributed by atoms with E-state index < -0.39 is 24.0 Å². The molecule has 2 aliphatic rings. The van der Waals surface area contributed by atoms with Crippen molar-refractivity contribution in [2.75, 3.05) is 0 Å². The quantitative estimate of drug-likeness (QED) is 0.345. The first-order valence-electron chi connectivity index (χ1n) is 11.1. The van der Waals surface area contributed by atoms with Crippen LogP contribution in [0.3, 0.4) is 0 Å². The highest BCUT2D eigenvalue weighted by atomic mass is 16.3. The molecule has 7 nitrogen and oxygen atoms in total. The number of carbonyl (C=O) groups excluding carboxylic acids is 3. The lowest BCUT2D eigenvalue weighted by Gasteiger charge is -2.27. The minimum Gasteiger partial charge on any atom is -0.385 e. The Balaban J connectivity index is 1.78. The third-order valence-electron chi connectivity index (χ3n) is 7.21. The van der Waals surface area contributed by atoms with Gasteiger partial charge in [0.1, 0.15) is 6.10 Å². The third-order valence-corrected chi connectivity index (χ3v) is 7.21. The summed E-state index contributed by atoms with van der Waals surface area (Å²) in [5, 5.41) is 15.9. The zero-order chi connectivity index (χ0) is 22.4. The van der Waals surface area contributed by atoms with Gasteiger partial charge in [-0.3, -0.25) is 19.7 Å². The van der Waals surface area contributed by atoms with Crippen LogP contribution in [0.15, 0.2) is 48.5 Å². The van der Waals surface area contributed by atoms with Crippen LogP contribution in [0.25, 0.3) is 43.6 Å². The molecule has 2 amide bonds. The molecule has 1 aliphatic carbocycles. The molecule has 7 rings (SSSR count). The molecule has 33 heavy (non-hydrogen) atoms. The maximum Gasteiger partial charge on any atom is 0.259 e. The SMILES string of the molecule is O=C1NC(=O)c2c1c1c3ccccc3[nH]c1c1c2c2ccccc2n1C1CCCC(O)C1=O. The minimum atomic E-state index is -1.00. The van der Waals surface area contributed by atoms with Crippen molar-refractivity contribution in [1.82, 2.24) is 14.9 Å². The molecule has 2 aromatic heterocycles. The van der Waals surface area contributed by atoms with E-state index >= 15 is 0 Å². The highest BCUT2D eigenvalue weighted by Crippen LogP contribution is 2.45. The average molecular weight is 437 g/mol. The largest absolute Gasteiger partial charge is 0.385 e. The topological polar surface area (TPSA) is 104 Å². The Morgan fingerprint density at radius 1 is 0.848 bits per heavy atom. The lowest BCUT2D eigenvalue weighted by molar-refractivity contribution is -0.133. The van der Waals surface area contributed by atoms with Crippen LogP contribution in [0.2, 0.25) is 0 Å². The van der Waals surface area contributed by atoms with Crippen molar-refractivity contribution in [2.45, 2.75) is 31.4 Å². The van der Waals surface area contributed by atoms with E-state index in [2.05, 4.69) is 10.3 Å². The van der Waals surface area contributed by atoms with E-state index in [1.54, 1.807) is 0 Å². The summed E-state index contributed by atoms with van der Waals surface area (Å²) in [6.07, 6.45) is 0.789. The number of rotatable bonds is 1. The number of benzene rings is 3. The van der Waals surface area contributed by atoms with E-state index in [9.17, 15) is 19.5 Å². The van der Waals surface area contributed by atoms with Crippen LogP contribution in [0, 0.1) is 0 Å². The third kappa shape index (κ3) is 2.24. The molecule has 3 N–H and O–H groups in total. The normalized spacial score (nSPS) is 20.9. The smallest absolute Gasteiger partial charge is 0.259 e. The van der Waals surface area contributed by atoms with Gasteiger partial charge in [0.2, 0.25) is 0 Å². The Labute approximate surface area is 187 Å². The number of carbonyl (C=O) groups is 3. The van der Waals surface area contributed by atoms with Crippen LogP contribution in [-0.2, 0) is 4.79 Å². The second-order valence-electron chi connectivity index (χ2n) is 8.93. The highest BCUT2D eigenvalue weighted by molar-refractivity contribution is 6.39. The summed E-state index contributed by atoms with van der Waals surface area (Å²) in [6.45, 7) is 0. The van der Waals surface area contributed by atoms with Crippen molar-refractivity contribution in [3.05, 3.63) is 59.7 Å². The fourth-order valence-electron chi connectivity index (χ4n) is 5.86. The number of imide groups is 1. The molecule has 3 heterocycles. The van der Waals surface area contributed by atoms with E-state index in [1.807, 2.05) is 53.1 Å². The maximum atomic E-state index is 13.2. The van der Waals surface area contributed by atoms with Crippen LogP contribution in [-0.4, -0.2) is 38.4 Å². The number of amides is 2. The Hall–Kier alpha value is -3.97. The molecule has 0 bridgehead atoms. The highest BCUT2D eigenvalue weighted by Gasteiger charge is 2.38. The first-order valence-corrected chi connectivity index (χ1v) is 11.1. The number of aliphatic hydroxyl groups is 1. The minimum absolute atomic E-state index is 0.214. The lowest BCUT2D eigenvalue weighted by Crippen LogP contribution is -2.34. The number of H-pyrrole nitrogens is 1. The number of aromatic amines is 1. The molecule has 0 radical (unpaired) electrons. The number of hydrogen-bond donors (Lipinski definition) is 3. The molecule has 3 aromatic carbocycles. The van der Waals surface area contributed by atoms with Crippen LogP contribution in [0.5, 0.6) is 0 Å². The van der Waals surface area contributed by atoms with Crippen molar-refractivity contribution in [3.63, 3.8) is 0 Å². The predicted octanol–water partition coefficient (Wildman–Crippen LogP) is 3.97. The van der Waals surface area contributed by atoms with Gasteiger partial charge < -0.3 is 14.7 Å². The summed E-state index contributed by atoms with van der Waals surface area (Å²) in [5.74, 6) is -1.05. The number of para-hydroxylation sites is 2. The average Bonchev–Trinajstić information content (AvgIpc) is 3.45. The Bertz CT molecular complexity index is 1710. The summed E-state index contributed by atoms with van der Waals surface area (Å²) in [5.41, 5.74) is 3.82. The van der Waals surface area contributed by atoms with E-state index in [1.165, 1.54) is 0 Å². The molecule has 2 atom stereocenters. The first-order chi connectivity index (χ1) is 16.1. The molecule has 1 aliphatic heterocycles. The molecule has 1 fully saturated rings. The second kappa shape index (κ2) is 6.30. The number of ketones is 1. The zero-order valence-corrected chi connectivity index (χ0v) is 17.5. The van der Waals surface area contributed by atoms with Crippen molar-refractivity contribution in [2.24, 2.45) is 0 Å². The number of Topliss-reactive ketones (excluding diaryl/α,β-unsaturated/α-hetero) is 1. The van der Waals surface area contributed by atoms with Crippen LogP contribution in [0.1, 0.15) is 46.0 Å². The van der Waals surface area contributed by atoms with Gasteiger partial charge in [-0.25, -0.2) is 0 Å². The standard InChI is InChI=1S/C26H19N3O4/c30-17-11-5-10-16(24(17)31)29-15-9-4-2-7-13(15)19-21-20(25(32)28-26(21)33)18-12-6-1-3-8-14(12)27-22(18)23(19)29/h1-4,6-9,16-17,27,30H,5,10-11H2,(H,28,32,33). The van der Waals surface area contributed by atoms with Crippen molar-refractivity contribution in [1.29, 1.82) is 0 Å². The van der Waals surface area contributed by atoms with Crippen molar-refractivity contribution < 1.29 is 19.5 Å². The number of hydrogen-bond acceptors (Lipinski definition) is 4. The van der Waals surface area contributed by atoms with Gasteiger partial charge in [-0.05, 0) is 31.4 Å². The Kier molecular flexibility index (Phi) is 3.55. The molecule has 7 heteroatoms. The second-order valence-corrected chi connectivity index (χ2v) is 8.93. The van der Waals surface area contributed by atoms with Crippen LogP contribution in [0.4, 0.5) is 0 Å². The predicted molar refractivity (Wildman–Crippen MR) is 125 cm³/mol. The molecule has 0 spiro atoms. The van der Waals surface area contributed by atoms with Gasteiger partial charge in [0.15, 0.2) is 5.78 Å². The molecule has 2 unspecified atom stereocenters. The molecule has 162 valence electrons. The molecule has 1 saturated carbocycles. The monoisotopic (exact) mass is 437 g/mol. The van der Waals surface area contributed by atoms with E-state index in [-0.39, 0.29) is 5.78 Å². The van der Waals surface area contributed by atoms with E-state index in [0.29, 0.717) is 34.7 Å². The number of fused-ring (bicyclic) bond motifs is 10. The number of aromatic nitrogens is 2. The first kappa shape index (κ1) is 18.6. The van der Waals surface area contributed by atoms with Gasteiger partial charge in [0.25, 0.3) is 11.8 Å². The van der Waals surface area contributed by atoms with Gasteiger partial charge in [-0.15, -0.1) is 0 Å². The summed E-state index contributed by atoms with van der Waals surface area (Å²) in [4.78, 5) is 42.7. The summed E-state index contributed by atoms with van der Waals surface area (Å²) >= 11 is 0. The van der Waals surface area contributed by atoms with Crippen molar-refractivity contribution >= 4 is 61.2 Å². The summed E-state index contributed by atoms with van der Waals surface area (Å²) in [7, 11) is 0. The van der Waals surface area contributed by atoms with Crippen LogP contribution < -0.4 is 5.32 Å². The maximum absolute atomic E-state index is 13.2. The Morgan fingerprint density at radius 3 is 2.36 bits per heavy atom. The molecular formula is C26H19N3O4. The Morgan fingerprint density at radius 2 is 1.55 bits per heavy atom. The fraction of sp³-hybridized carbons (Fsp3) is 0.192. The van der Waals surface area contributed by atoms with Gasteiger partial charge in [0.05, 0.1) is 28.2 Å². The molecule has 5 aromatic rings. The lowest BCUT2D eigenvalue weighted by atomic mass is 9.91. The van der Waals surface area contributed by atoms with Gasteiger partial charge in [0, 0.05) is 32.6 Å². The number of nitrogens with one attached hydrogen (secondary N) is 2. The van der Waals surface area contributed by atoms with Gasteiger partial charge in [-0.2, -0.15) is 0 Å². The van der Waals surface area contributed by atoms with E-state index in [4.69, 9.17) is 0 Å². The van der Waals surface area contributed by atoms with Gasteiger partial charge >= 0.3 is 0 Å². The zero-order valence-electron chi connectivity index (χ0n) is 17.5. The van der Waals surface area contributed by atoms with E-state index in [0.717, 1.165) is 39.3 Å². The van der Waals surface area contributed by atoms with Crippen LogP contribution >= 0.6 is 0 Å². The number of nitrogens with zero attached hydrogens (tertiary/aromatic N) is 1. The molecule has 0 saturated heterocycles. The summed E-state index contributed by atoms with van der Waals surface area (Å²) < 4.78 is 1.98. The van der Waals surface area contributed by atoms with Gasteiger partial charge in [-0.1, -0.05) is 36.4 Å².